The summed E-state index contributed by atoms with van der Waals surface area (Å²) < 4.78 is 0. The Labute approximate surface area is 132 Å². The molecule has 0 saturated heterocycles. The van der Waals surface area contributed by atoms with E-state index in [4.69, 9.17) is 5.73 Å². The Kier molecular flexibility index (Phi) is 9.41. The maximum absolute atomic E-state index is 6.32. The van der Waals surface area contributed by atoms with E-state index >= 15 is 0 Å². The Morgan fingerprint density at radius 1 is 0.810 bits per heavy atom. The highest BCUT2D eigenvalue weighted by Crippen LogP contribution is 2.23. The molecule has 1 heteroatoms. The molecular formula is C20H35N. The zero-order valence-corrected chi connectivity index (χ0v) is 14.4. The van der Waals surface area contributed by atoms with Crippen molar-refractivity contribution in [1.82, 2.24) is 0 Å². The van der Waals surface area contributed by atoms with Crippen LogP contribution in [0.25, 0.3) is 0 Å². The Bertz CT molecular complexity index is 355. The number of hydrogen-bond acceptors (Lipinski definition) is 1. The average molecular weight is 290 g/mol. The molecule has 0 aliphatic carbocycles. The van der Waals surface area contributed by atoms with Gasteiger partial charge < -0.3 is 5.73 Å². The van der Waals surface area contributed by atoms with Crippen LogP contribution in [-0.4, -0.2) is 0 Å². The van der Waals surface area contributed by atoms with Gasteiger partial charge in [-0.05, 0) is 29.9 Å². The van der Waals surface area contributed by atoms with E-state index in [1.165, 1.54) is 62.5 Å². The minimum atomic E-state index is 0.214. The molecule has 21 heavy (non-hydrogen) atoms. The Morgan fingerprint density at radius 2 is 1.33 bits per heavy atom. The highest BCUT2D eigenvalue weighted by atomic mass is 14.6. The van der Waals surface area contributed by atoms with Gasteiger partial charge in [0.25, 0.3) is 0 Å². The van der Waals surface area contributed by atoms with Crippen LogP contribution in [0.2, 0.25) is 0 Å². The predicted molar refractivity (Wildman–Crippen MR) is 94.7 cm³/mol. The fourth-order valence-electron chi connectivity index (χ4n) is 2.80. The van der Waals surface area contributed by atoms with E-state index in [0.29, 0.717) is 5.92 Å². The molecule has 0 aliphatic rings. The molecule has 2 unspecified atom stereocenters. The van der Waals surface area contributed by atoms with Gasteiger partial charge in [0.1, 0.15) is 0 Å². The van der Waals surface area contributed by atoms with Gasteiger partial charge in [0.05, 0.1) is 0 Å². The zero-order valence-electron chi connectivity index (χ0n) is 14.4. The molecule has 0 fully saturated rings. The van der Waals surface area contributed by atoms with Crippen LogP contribution in [0, 0.1) is 0 Å². The monoisotopic (exact) mass is 289 g/mol. The Balaban J connectivity index is 2.24. The van der Waals surface area contributed by atoms with Gasteiger partial charge in [-0.3, -0.25) is 0 Å². The molecule has 0 amide bonds. The fraction of sp³-hybridized carbons (Fsp3) is 0.700. The minimum Gasteiger partial charge on any atom is -0.324 e. The second kappa shape index (κ2) is 10.8. The number of benzene rings is 1. The van der Waals surface area contributed by atoms with Gasteiger partial charge in [-0.1, -0.05) is 90.0 Å². The van der Waals surface area contributed by atoms with Crippen LogP contribution in [0.15, 0.2) is 24.3 Å². The largest absolute Gasteiger partial charge is 0.324 e. The lowest BCUT2D eigenvalue weighted by Crippen LogP contribution is -2.10. The molecule has 1 rings (SSSR count). The van der Waals surface area contributed by atoms with Gasteiger partial charge in [0, 0.05) is 6.04 Å². The normalized spacial score (nSPS) is 14.1. The smallest absolute Gasteiger partial charge is 0.0294 e. The van der Waals surface area contributed by atoms with Crippen LogP contribution in [0.1, 0.15) is 102 Å². The molecule has 0 saturated carbocycles. The summed E-state index contributed by atoms with van der Waals surface area (Å²) in [5, 5.41) is 0. The fourth-order valence-corrected chi connectivity index (χ4v) is 2.80. The number of nitrogens with two attached hydrogens (primary N) is 1. The molecule has 0 bridgehead atoms. The zero-order chi connectivity index (χ0) is 15.5. The maximum Gasteiger partial charge on any atom is 0.0294 e. The standard InChI is InChI=1S/C20H35N/c1-4-6-7-8-9-10-11-12-20(21)19-15-13-18(14-16-19)17(3)5-2/h13-17,20H,4-12,21H2,1-3H3. The molecule has 0 aliphatic heterocycles. The summed E-state index contributed by atoms with van der Waals surface area (Å²) in [5.41, 5.74) is 9.05. The van der Waals surface area contributed by atoms with Crippen molar-refractivity contribution in [2.75, 3.05) is 0 Å². The average Bonchev–Trinajstić information content (AvgIpc) is 2.53. The van der Waals surface area contributed by atoms with Crippen molar-refractivity contribution in [2.45, 2.75) is 90.5 Å². The van der Waals surface area contributed by atoms with Crippen LogP contribution < -0.4 is 5.73 Å². The third-order valence-electron chi connectivity index (χ3n) is 4.66. The molecular weight excluding hydrogens is 254 g/mol. The summed E-state index contributed by atoms with van der Waals surface area (Å²) >= 11 is 0. The summed E-state index contributed by atoms with van der Waals surface area (Å²) in [5.74, 6) is 0.651. The first-order valence-electron chi connectivity index (χ1n) is 9.04. The second-order valence-corrected chi connectivity index (χ2v) is 6.49. The number of hydrogen-bond donors (Lipinski definition) is 1. The highest BCUT2D eigenvalue weighted by molar-refractivity contribution is 5.26. The lowest BCUT2D eigenvalue weighted by Gasteiger charge is -2.14. The van der Waals surface area contributed by atoms with Crippen molar-refractivity contribution in [1.29, 1.82) is 0 Å². The second-order valence-electron chi connectivity index (χ2n) is 6.49. The van der Waals surface area contributed by atoms with Gasteiger partial charge in [0.15, 0.2) is 0 Å². The predicted octanol–water partition coefficient (Wildman–Crippen LogP) is 6.34. The van der Waals surface area contributed by atoms with Crippen molar-refractivity contribution in [3.05, 3.63) is 35.4 Å². The lowest BCUT2D eigenvalue weighted by atomic mass is 9.94. The SMILES string of the molecule is CCCCCCCCCC(N)c1ccc(C(C)CC)cc1. The van der Waals surface area contributed by atoms with Gasteiger partial charge in [-0.25, -0.2) is 0 Å². The molecule has 1 aromatic carbocycles. The summed E-state index contributed by atoms with van der Waals surface area (Å²) in [6.07, 6.45) is 11.8. The van der Waals surface area contributed by atoms with Crippen molar-refractivity contribution >= 4 is 0 Å². The first-order valence-corrected chi connectivity index (χ1v) is 9.04. The number of rotatable bonds is 11. The first kappa shape index (κ1) is 18.2. The third kappa shape index (κ3) is 7.13. The lowest BCUT2D eigenvalue weighted by molar-refractivity contribution is 0.541. The third-order valence-corrected chi connectivity index (χ3v) is 4.66. The molecule has 0 radical (unpaired) electrons. The van der Waals surface area contributed by atoms with E-state index in [9.17, 15) is 0 Å². The first-order chi connectivity index (χ1) is 10.2. The van der Waals surface area contributed by atoms with Gasteiger partial charge in [0.2, 0.25) is 0 Å². The summed E-state index contributed by atoms with van der Waals surface area (Å²) in [4.78, 5) is 0. The Morgan fingerprint density at radius 3 is 1.90 bits per heavy atom. The topological polar surface area (TPSA) is 26.0 Å². The van der Waals surface area contributed by atoms with Crippen molar-refractivity contribution in [3.8, 4) is 0 Å². The van der Waals surface area contributed by atoms with Gasteiger partial charge in [-0.2, -0.15) is 0 Å². The molecule has 0 aromatic heterocycles. The molecule has 120 valence electrons. The Hall–Kier alpha value is -0.820. The van der Waals surface area contributed by atoms with E-state index in [-0.39, 0.29) is 6.04 Å². The van der Waals surface area contributed by atoms with E-state index in [2.05, 4.69) is 45.0 Å². The van der Waals surface area contributed by atoms with Gasteiger partial charge >= 0.3 is 0 Å². The van der Waals surface area contributed by atoms with Crippen LogP contribution >= 0.6 is 0 Å². The quantitative estimate of drug-likeness (QED) is 0.472. The van der Waals surface area contributed by atoms with Crippen LogP contribution in [0.5, 0.6) is 0 Å². The van der Waals surface area contributed by atoms with Crippen LogP contribution in [0.3, 0.4) is 0 Å². The van der Waals surface area contributed by atoms with Crippen LogP contribution in [0.4, 0.5) is 0 Å². The molecule has 0 spiro atoms. The molecule has 1 aromatic rings. The van der Waals surface area contributed by atoms with E-state index in [1.807, 2.05) is 0 Å². The van der Waals surface area contributed by atoms with E-state index < -0.39 is 0 Å². The van der Waals surface area contributed by atoms with Crippen molar-refractivity contribution < 1.29 is 0 Å². The van der Waals surface area contributed by atoms with Crippen LogP contribution in [-0.2, 0) is 0 Å². The number of unbranched alkanes of at least 4 members (excludes halogenated alkanes) is 6. The summed E-state index contributed by atoms with van der Waals surface area (Å²) in [6.45, 7) is 6.80. The van der Waals surface area contributed by atoms with E-state index in [0.717, 1.165) is 6.42 Å². The molecule has 2 N–H and O–H groups in total. The van der Waals surface area contributed by atoms with Crippen molar-refractivity contribution in [2.24, 2.45) is 5.73 Å². The van der Waals surface area contributed by atoms with E-state index in [1.54, 1.807) is 0 Å². The molecule has 2 atom stereocenters. The molecule has 1 nitrogen and oxygen atoms in total. The summed E-state index contributed by atoms with van der Waals surface area (Å²) in [7, 11) is 0. The highest BCUT2D eigenvalue weighted by Gasteiger charge is 2.07. The van der Waals surface area contributed by atoms with Gasteiger partial charge in [-0.15, -0.1) is 0 Å². The maximum atomic E-state index is 6.32. The van der Waals surface area contributed by atoms with Crippen molar-refractivity contribution in [3.63, 3.8) is 0 Å². The summed E-state index contributed by atoms with van der Waals surface area (Å²) in [6, 6.07) is 9.19. The molecule has 0 heterocycles. The minimum absolute atomic E-state index is 0.214.